The number of hydrogen-bond donors (Lipinski definition) is 0. The maximum atomic E-state index is 13.1. The van der Waals surface area contributed by atoms with Crippen molar-refractivity contribution >= 4 is 22.4 Å². The Balaban J connectivity index is 1.48. The van der Waals surface area contributed by atoms with Gasteiger partial charge in [0.2, 0.25) is 5.91 Å². The fraction of sp³-hybridized carbons (Fsp3) is 0.632. The molecule has 5 rings (SSSR count). The first kappa shape index (κ1) is 16.4. The second-order valence-corrected chi connectivity index (χ2v) is 8.67. The summed E-state index contributed by atoms with van der Waals surface area (Å²) < 4.78 is 7.76. The molecule has 3 aliphatic rings. The number of aromatic nitrogens is 3. The van der Waals surface area contributed by atoms with E-state index in [2.05, 4.69) is 5.10 Å². The van der Waals surface area contributed by atoms with Crippen molar-refractivity contribution in [3.63, 3.8) is 0 Å². The van der Waals surface area contributed by atoms with Gasteiger partial charge >= 0.3 is 0 Å². The van der Waals surface area contributed by atoms with E-state index in [0.717, 1.165) is 67.9 Å². The van der Waals surface area contributed by atoms with Gasteiger partial charge in [0.05, 0.1) is 24.5 Å². The number of nitrogens with zero attached hydrogens (tertiary/aromatic N) is 4. The highest BCUT2D eigenvalue weighted by Crippen LogP contribution is 2.40. The maximum Gasteiger partial charge on any atom is 0.231 e. The summed E-state index contributed by atoms with van der Waals surface area (Å²) in [5.41, 5.74) is 3.40. The molecule has 2 aromatic rings. The summed E-state index contributed by atoms with van der Waals surface area (Å²) in [5.74, 6) is 0.413. The minimum Gasteiger partial charge on any atom is -0.376 e. The summed E-state index contributed by atoms with van der Waals surface area (Å²) in [7, 11) is 1.99. The van der Waals surface area contributed by atoms with E-state index >= 15 is 0 Å². The molecular weight excluding hydrogens is 348 g/mol. The summed E-state index contributed by atoms with van der Waals surface area (Å²) >= 11 is 1.68. The van der Waals surface area contributed by atoms with Gasteiger partial charge in [-0.25, -0.2) is 4.98 Å². The largest absolute Gasteiger partial charge is 0.376 e. The summed E-state index contributed by atoms with van der Waals surface area (Å²) in [4.78, 5) is 21.2. The molecule has 1 amide bonds. The molecule has 1 saturated carbocycles. The second-order valence-electron chi connectivity index (χ2n) is 7.61. The average Bonchev–Trinajstić information content (AvgIpc) is 3.29. The summed E-state index contributed by atoms with van der Waals surface area (Å²) in [6.07, 6.45) is 9.34. The molecule has 6 nitrogen and oxygen atoms in total. The van der Waals surface area contributed by atoms with E-state index in [1.807, 2.05) is 22.8 Å². The third-order valence-corrected chi connectivity index (χ3v) is 7.09. The monoisotopic (exact) mass is 372 g/mol. The van der Waals surface area contributed by atoms with Crippen molar-refractivity contribution in [3.05, 3.63) is 16.8 Å². The molecule has 0 radical (unpaired) electrons. The van der Waals surface area contributed by atoms with Crippen LogP contribution in [-0.4, -0.2) is 39.9 Å². The summed E-state index contributed by atoms with van der Waals surface area (Å²) in [6.45, 7) is 1.45. The van der Waals surface area contributed by atoms with Crippen LogP contribution in [0.15, 0.2) is 6.20 Å². The van der Waals surface area contributed by atoms with Crippen molar-refractivity contribution in [2.24, 2.45) is 13.0 Å². The van der Waals surface area contributed by atoms with Crippen LogP contribution in [0.4, 0.5) is 5.13 Å². The number of carbonyl (C=O) groups is 1. The van der Waals surface area contributed by atoms with Gasteiger partial charge in [-0.1, -0.05) is 6.42 Å². The van der Waals surface area contributed by atoms with E-state index < -0.39 is 0 Å². The van der Waals surface area contributed by atoms with Gasteiger partial charge in [0, 0.05) is 35.7 Å². The van der Waals surface area contributed by atoms with Crippen LogP contribution in [0.1, 0.15) is 42.7 Å². The quantitative estimate of drug-likeness (QED) is 0.828. The molecule has 0 bridgehead atoms. The Labute approximate surface area is 157 Å². The summed E-state index contributed by atoms with van der Waals surface area (Å²) in [5, 5.41) is 5.25. The Bertz CT molecular complexity index is 833. The number of thiazole rings is 1. The number of carbonyl (C=O) groups excluding carboxylic acids is 1. The van der Waals surface area contributed by atoms with Gasteiger partial charge in [-0.2, -0.15) is 5.10 Å². The number of rotatable bonds is 4. The predicted molar refractivity (Wildman–Crippen MR) is 100 cm³/mol. The topological polar surface area (TPSA) is 60.2 Å². The highest BCUT2D eigenvalue weighted by molar-refractivity contribution is 7.16. The van der Waals surface area contributed by atoms with E-state index in [1.54, 1.807) is 11.3 Å². The normalized spacial score (nSPS) is 22.0. The number of hydrogen-bond acceptors (Lipinski definition) is 5. The van der Waals surface area contributed by atoms with E-state index in [-0.39, 0.29) is 17.9 Å². The van der Waals surface area contributed by atoms with Crippen LogP contribution in [0, 0.1) is 5.92 Å². The molecule has 26 heavy (non-hydrogen) atoms. The van der Waals surface area contributed by atoms with Crippen molar-refractivity contribution in [2.75, 3.05) is 18.1 Å². The first-order chi connectivity index (χ1) is 12.7. The Morgan fingerprint density at radius 1 is 1.35 bits per heavy atom. The molecule has 138 valence electrons. The highest BCUT2D eigenvalue weighted by atomic mass is 32.1. The van der Waals surface area contributed by atoms with Gasteiger partial charge in [-0.3, -0.25) is 14.4 Å². The molecule has 0 spiro atoms. The molecular formula is C19H24N4O2S. The van der Waals surface area contributed by atoms with Gasteiger partial charge in [0.25, 0.3) is 0 Å². The second kappa shape index (κ2) is 6.46. The Hall–Kier alpha value is -1.73. The van der Waals surface area contributed by atoms with Crippen molar-refractivity contribution in [3.8, 4) is 11.3 Å². The molecule has 0 N–H and O–H groups in total. The molecule has 0 unspecified atom stereocenters. The molecule has 1 saturated heterocycles. The minimum absolute atomic E-state index is 0.147. The van der Waals surface area contributed by atoms with Gasteiger partial charge in [-0.15, -0.1) is 11.3 Å². The highest BCUT2D eigenvalue weighted by Gasteiger charge is 2.35. The zero-order valence-electron chi connectivity index (χ0n) is 15.1. The third kappa shape index (κ3) is 2.68. The lowest BCUT2D eigenvalue weighted by Gasteiger charge is -2.31. The molecule has 3 heterocycles. The molecule has 7 heteroatoms. The fourth-order valence-corrected chi connectivity index (χ4v) is 5.24. The first-order valence-corrected chi connectivity index (χ1v) is 10.5. The van der Waals surface area contributed by atoms with Crippen molar-refractivity contribution in [1.82, 2.24) is 14.8 Å². The van der Waals surface area contributed by atoms with Crippen molar-refractivity contribution in [2.45, 2.75) is 51.0 Å². The predicted octanol–water partition coefficient (Wildman–Crippen LogP) is 2.95. The summed E-state index contributed by atoms with van der Waals surface area (Å²) in [6, 6.07) is 0. The molecule has 1 atom stereocenters. The van der Waals surface area contributed by atoms with E-state index in [1.165, 1.54) is 10.6 Å². The lowest BCUT2D eigenvalue weighted by atomic mass is 9.84. The lowest BCUT2D eigenvalue weighted by molar-refractivity contribution is -0.125. The van der Waals surface area contributed by atoms with Gasteiger partial charge in [0.1, 0.15) is 0 Å². The Morgan fingerprint density at radius 2 is 2.23 bits per heavy atom. The van der Waals surface area contributed by atoms with Crippen LogP contribution in [0.5, 0.6) is 0 Å². The standard InChI is InChI=1S/C19H24N4O2S/c1-22-15-7-8-16-17(14(15)10-20-22)21-19(26-16)23(11-13-6-3-9-25-13)18(24)12-4-2-5-12/h10,12-13H,2-9,11H2,1H3/t13-/m0/s1. The smallest absolute Gasteiger partial charge is 0.231 e. The van der Waals surface area contributed by atoms with E-state index in [0.29, 0.717) is 6.54 Å². The van der Waals surface area contributed by atoms with Crippen LogP contribution in [0.3, 0.4) is 0 Å². The zero-order valence-corrected chi connectivity index (χ0v) is 15.9. The number of aryl methyl sites for hydroxylation is 2. The molecule has 2 aromatic heterocycles. The number of fused-ring (bicyclic) bond motifs is 3. The number of anilines is 1. The van der Waals surface area contributed by atoms with Crippen LogP contribution in [-0.2, 0) is 29.4 Å². The minimum atomic E-state index is 0.147. The van der Waals surface area contributed by atoms with Crippen molar-refractivity contribution in [1.29, 1.82) is 0 Å². The Kier molecular flexibility index (Phi) is 4.09. The third-order valence-electron chi connectivity index (χ3n) is 5.95. The van der Waals surface area contributed by atoms with Crippen LogP contribution >= 0.6 is 11.3 Å². The maximum absolute atomic E-state index is 13.1. The first-order valence-electron chi connectivity index (χ1n) is 9.64. The fourth-order valence-electron chi connectivity index (χ4n) is 4.15. The van der Waals surface area contributed by atoms with Crippen LogP contribution in [0.25, 0.3) is 11.3 Å². The number of amides is 1. The molecule has 2 fully saturated rings. The van der Waals surface area contributed by atoms with Crippen LogP contribution < -0.4 is 4.90 Å². The zero-order chi connectivity index (χ0) is 17.7. The van der Waals surface area contributed by atoms with Gasteiger partial charge < -0.3 is 4.74 Å². The molecule has 2 aliphatic carbocycles. The molecule has 1 aliphatic heterocycles. The van der Waals surface area contributed by atoms with Gasteiger partial charge in [-0.05, 0) is 38.5 Å². The Morgan fingerprint density at radius 3 is 2.96 bits per heavy atom. The van der Waals surface area contributed by atoms with E-state index in [4.69, 9.17) is 9.72 Å². The van der Waals surface area contributed by atoms with Gasteiger partial charge in [0.15, 0.2) is 5.13 Å². The molecule has 0 aromatic carbocycles. The van der Waals surface area contributed by atoms with E-state index in [9.17, 15) is 4.79 Å². The number of ether oxygens (including phenoxy) is 1. The average molecular weight is 372 g/mol. The lowest BCUT2D eigenvalue weighted by Crippen LogP contribution is -2.43. The van der Waals surface area contributed by atoms with Crippen molar-refractivity contribution < 1.29 is 9.53 Å². The van der Waals surface area contributed by atoms with Crippen LogP contribution in [0.2, 0.25) is 0 Å². The SMILES string of the molecule is Cn1ncc2c1CCc1sc(N(C[C@@H]3CCCO3)C(=O)C3CCC3)nc1-2.